The highest BCUT2D eigenvalue weighted by atomic mass is 35.5. The van der Waals surface area contributed by atoms with Crippen LogP contribution in [0.5, 0.6) is 0 Å². The number of nitrogens with one attached hydrogen (secondary N) is 2. The average Bonchev–Trinajstić information content (AvgIpc) is 3.13. The maximum atomic E-state index is 12.2. The number of carbonyl (C=O) groups excluding carboxylic acids is 1. The third-order valence-electron chi connectivity index (χ3n) is 3.46. The van der Waals surface area contributed by atoms with Crippen molar-refractivity contribution in [2.75, 3.05) is 10.6 Å². The van der Waals surface area contributed by atoms with Crippen LogP contribution in [0.4, 0.5) is 16.5 Å². The van der Waals surface area contributed by atoms with Crippen LogP contribution in [0.25, 0.3) is 0 Å². The maximum absolute atomic E-state index is 12.2. The van der Waals surface area contributed by atoms with Crippen LogP contribution in [0, 0.1) is 10.1 Å². The molecule has 0 fully saturated rings. The summed E-state index contributed by atoms with van der Waals surface area (Å²) in [4.78, 5) is 23.0. The number of halogens is 1. The van der Waals surface area contributed by atoms with Crippen LogP contribution in [-0.4, -0.2) is 21.0 Å². The van der Waals surface area contributed by atoms with Crippen molar-refractivity contribution < 1.29 is 9.72 Å². The van der Waals surface area contributed by atoms with Crippen molar-refractivity contribution in [3.63, 3.8) is 0 Å². The van der Waals surface area contributed by atoms with Crippen molar-refractivity contribution in [1.82, 2.24) is 10.2 Å². The van der Waals surface area contributed by atoms with Crippen LogP contribution in [0.2, 0.25) is 5.02 Å². The third kappa shape index (κ3) is 4.13. The molecule has 2 N–H and O–H groups in total. The topological polar surface area (TPSA) is 110 Å². The van der Waals surface area contributed by atoms with Crippen molar-refractivity contribution in [1.29, 1.82) is 0 Å². The molecule has 0 aliphatic rings. The van der Waals surface area contributed by atoms with E-state index in [1.54, 1.807) is 12.1 Å². The molecule has 10 heteroatoms. The van der Waals surface area contributed by atoms with E-state index in [9.17, 15) is 14.9 Å². The second kappa shape index (κ2) is 7.89. The monoisotopic (exact) mass is 389 g/mol. The number of anilines is 2. The van der Waals surface area contributed by atoms with E-state index >= 15 is 0 Å². The molecule has 1 aromatic heterocycles. The first kappa shape index (κ1) is 17.8. The van der Waals surface area contributed by atoms with Crippen molar-refractivity contribution >= 4 is 45.4 Å². The van der Waals surface area contributed by atoms with Gasteiger partial charge in [-0.05, 0) is 23.8 Å². The van der Waals surface area contributed by atoms with E-state index in [2.05, 4.69) is 20.8 Å². The highest BCUT2D eigenvalue weighted by Crippen LogP contribution is 2.27. The number of carbonyl (C=O) groups is 1. The maximum Gasteiger partial charge on any atom is 0.293 e. The summed E-state index contributed by atoms with van der Waals surface area (Å²) in [5.41, 5.74) is 2.51. The van der Waals surface area contributed by atoms with Gasteiger partial charge in [-0.2, -0.15) is 0 Å². The Bertz CT molecular complexity index is 949. The average molecular weight is 390 g/mol. The molecule has 0 saturated heterocycles. The lowest BCUT2D eigenvalue weighted by atomic mass is 10.1. The minimum absolute atomic E-state index is 0.148. The van der Waals surface area contributed by atoms with Crippen LogP contribution < -0.4 is 10.6 Å². The fourth-order valence-corrected chi connectivity index (χ4v) is 2.85. The van der Waals surface area contributed by atoms with E-state index < -0.39 is 10.8 Å². The lowest BCUT2D eigenvalue weighted by molar-refractivity contribution is -0.384. The van der Waals surface area contributed by atoms with Crippen LogP contribution in [0.15, 0.2) is 48.0 Å². The van der Waals surface area contributed by atoms with Crippen molar-refractivity contribution in [2.45, 2.75) is 6.54 Å². The number of hydrogen-bond acceptors (Lipinski definition) is 7. The zero-order valence-electron chi connectivity index (χ0n) is 13.2. The van der Waals surface area contributed by atoms with Crippen LogP contribution in [-0.2, 0) is 6.54 Å². The number of nitro groups is 1. The van der Waals surface area contributed by atoms with Crippen LogP contribution in [0.3, 0.4) is 0 Å². The first-order chi connectivity index (χ1) is 12.5. The van der Waals surface area contributed by atoms with E-state index in [0.717, 1.165) is 16.9 Å². The van der Waals surface area contributed by atoms with Crippen LogP contribution in [0.1, 0.15) is 15.9 Å². The Hall–Kier alpha value is -3.04. The number of amides is 1. The number of aromatic nitrogens is 2. The van der Waals surface area contributed by atoms with Gasteiger partial charge in [-0.25, -0.2) is 0 Å². The van der Waals surface area contributed by atoms with Crippen molar-refractivity contribution in [3.8, 4) is 0 Å². The van der Waals surface area contributed by atoms with Gasteiger partial charge in [0.1, 0.15) is 11.2 Å². The quantitative estimate of drug-likeness (QED) is 0.487. The van der Waals surface area contributed by atoms with Gasteiger partial charge in [0, 0.05) is 23.2 Å². The Morgan fingerprint density at radius 2 is 2.08 bits per heavy atom. The molecule has 26 heavy (non-hydrogen) atoms. The molecule has 0 spiro atoms. The molecule has 0 bridgehead atoms. The summed E-state index contributed by atoms with van der Waals surface area (Å²) in [5.74, 6) is -0.498. The van der Waals surface area contributed by atoms with E-state index in [1.807, 2.05) is 12.1 Å². The predicted octanol–water partition coefficient (Wildman–Crippen LogP) is 3.96. The van der Waals surface area contributed by atoms with Gasteiger partial charge in [0.25, 0.3) is 11.6 Å². The normalized spacial score (nSPS) is 10.3. The van der Waals surface area contributed by atoms with Gasteiger partial charge in [0.15, 0.2) is 0 Å². The largest absolute Gasteiger partial charge is 0.375 e. The first-order valence-corrected chi connectivity index (χ1v) is 8.63. The molecule has 3 aromatic rings. The molecule has 0 radical (unpaired) electrons. The lowest BCUT2D eigenvalue weighted by Gasteiger charge is -2.10. The van der Waals surface area contributed by atoms with Gasteiger partial charge in [0.2, 0.25) is 5.13 Å². The van der Waals surface area contributed by atoms with E-state index in [-0.39, 0.29) is 11.3 Å². The van der Waals surface area contributed by atoms with Crippen molar-refractivity contribution in [3.05, 3.63) is 74.2 Å². The third-order valence-corrected chi connectivity index (χ3v) is 4.44. The summed E-state index contributed by atoms with van der Waals surface area (Å²) >= 11 is 7.24. The molecular weight excluding hydrogens is 378 g/mol. The minimum Gasteiger partial charge on any atom is -0.375 e. The Labute approximate surface area is 157 Å². The number of nitrogens with zero attached hydrogens (tertiary/aromatic N) is 3. The predicted molar refractivity (Wildman–Crippen MR) is 99.7 cm³/mol. The standard InChI is InChI=1S/C16H12ClN5O3S/c17-12-4-2-1-3-11(12)8-18-13-6-5-10(7-14(13)22(24)25)15(23)20-16-21-19-9-26-16/h1-7,9,18H,8H2,(H,20,21,23). The molecule has 0 unspecified atom stereocenters. The number of benzene rings is 2. The molecule has 0 aliphatic heterocycles. The summed E-state index contributed by atoms with van der Waals surface area (Å²) in [5, 5.41) is 25.1. The van der Waals surface area contributed by atoms with Gasteiger partial charge < -0.3 is 5.32 Å². The molecule has 0 saturated carbocycles. The molecule has 3 rings (SSSR count). The fraction of sp³-hybridized carbons (Fsp3) is 0.0625. The molecule has 1 heterocycles. The smallest absolute Gasteiger partial charge is 0.293 e. The molecule has 0 atom stereocenters. The first-order valence-electron chi connectivity index (χ1n) is 7.38. The molecule has 0 aliphatic carbocycles. The Balaban J connectivity index is 1.79. The summed E-state index contributed by atoms with van der Waals surface area (Å²) in [6.45, 7) is 0.316. The second-order valence-electron chi connectivity index (χ2n) is 5.13. The zero-order valence-corrected chi connectivity index (χ0v) is 14.8. The van der Waals surface area contributed by atoms with E-state index in [0.29, 0.717) is 22.4 Å². The number of hydrogen-bond donors (Lipinski definition) is 2. The second-order valence-corrected chi connectivity index (χ2v) is 6.37. The van der Waals surface area contributed by atoms with Gasteiger partial charge in [-0.15, -0.1) is 10.2 Å². The summed E-state index contributed by atoms with van der Waals surface area (Å²) < 4.78 is 0. The number of rotatable bonds is 6. The van der Waals surface area contributed by atoms with Gasteiger partial charge in [-0.3, -0.25) is 20.2 Å². The molecule has 2 aromatic carbocycles. The molecule has 132 valence electrons. The lowest BCUT2D eigenvalue weighted by Crippen LogP contribution is -2.12. The zero-order chi connectivity index (χ0) is 18.5. The van der Waals surface area contributed by atoms with Crippen molar-refractivity contribution in [2.24, 2.45) is 0 Å². The fourth-order valence-electron chi connectivity index (χ4n) is 2.20. The van der Waals surface area contributed by atoms with Gasteiger partial charge >= 0.3 is 0 Å². The minimum atomic E-state index is -0.545. The van der Waals surface area contributed by atoms with Gasteiger partial charge in [0.05, 0.1) is 4.92 Å². The Kier molecular flexibility index (Phi) is 5.40. The number of nitro benzene ring substituents is 1. The highest BCUT2D eigenvalue weighted by molar-refractivity contribution is 7.13. The van der Waals surface area contributed by atoms with Gasteiger partial charge in [-0.1, -0.05) is 41.1 Å². The van der Waals surface area contributed by atoms with E-state index in [4.69, 9.17) is 11.6 Å². The molecule has 1 amide bonds. The Morgan fingerprint density at radius 3 is 2.77 bits per heavy atom. The summed E-state index contributed by atoms with van der Waals surface area (Å²) in [6.07, 6.45) is 0. The highest BCUT2D eigenvalue weighted by Gasteiger charge is 2.18. The van der Waals surface area contributed by atoms with Crippen LogP contribution >= 0.6 is 22.9 Å². The SMILES string of the molecule is O=C(Nc1nncs1)c1ccc(NCc2ccccc2Cl)c([N+](=O)[O-])c1. The molecule has 8 nitrogen and oxygen atoms in total. The summed E-state index contributed by atoms with van der Waals surface area (Å²) in [6, 6.07) is 11.4. The summed E-state index contributed by atoms with van der Waals surface area (Å²) in [7, 11) is 0. The Morgan fingerprint density at radius 1 is 1.27 bits per heavy atom. The molecular formula is C16H12ClN5O3S. The van der Waals surface area contributed by atoms with E-state index in [1.165, 1.54) is 23.7 Å².